The van der Waals surface area contributed by atoms with Gasteiger partial charge in [-0.15, -0.1) is 0 Å². The maximum atomic E-state index is 11.9. The minimum Gasteiger partial charge on any atom is -0.339 e. The van der Waals surface area contributed by atoms with Crippen molar-refractivity contribution < 1.29 is 4.79 Å². The van der Waals surface area contributed by atoms with Gasteiger partial charge in [0.25, 0.3) is 0 Å². The molecule has 2 heteroatoms. The highest BCUT2D eigenvalue weighted by molar-refractivity contribution is 5.76. The lowest BCUT2D eigenvalue weighted by molar-refractivity contribution is -0.130. The van der Waals surface area contributed by atoms with E-state index in [9.17, 15) is 4.79 Å². The summed E-state index contributed by atoms with van der Waals surface area (Å²) in [6.07, 6.45) is 5.35. The van der Waals surface area contributed by atoms with Gasteiger partial charge in [0.15, 0.2) is 0 Å². The fourth-order valence-corrected chi connectivity index (χ4v) is 2.18. The molecule has 0 saturated heterocycles. The SMILES string of the molecule is CCC(=O)N(C/C=C(\C)c1ccccc1)CC1CC1. The van der Waals surface area contributed by atoms with Crippen LogP contribution < -0.4 is 0 Å². The molecule has 0 spiro atoms. The molecule has 0 aliphatic heterocycles. The third-order valence-corrected chi connectivity index (χ3v) is 3.68. The predicted molar refractivity (Wildman–Crippen MR) is 79.7 cm³/mol. The summed E-state index contributed by atoms with van der Waals surface area (Å²) in [7, 11) is 0. The summed E-state index contributed by atoms with van der Waals surface area (Å²) in [5.74, 6) is 1.02. The summed E-state index contributed by atoms with van der Waals surface area (Å²) in [4.78, 5) is 13.9. The van der Waals surface area contributed by atoms with Gasteiger partial charge in [0.2, 0.25) is 5.91 Å². The summed E-state index contributed by atoms with van der Waals surface area (Å²) in [5, 5.41) is 0. The van der Waals surface area contributed by atoms with Gasteiger partial charge in [0.1, 0.15) is 0 Å². The fraction of sp³-hybridized carbons (Fsp3) is 0.471. The Morgan fingerprint density at radius 2 is 2.00 bits per heavy atom. The first-order valence-electron chi connectivity index (χ1n) is 7.20. The van der Waals surface area contributed by atoms with Gasteiger partial charge in [-0.2, -0.15) is 0 Å². The smallest absolute Gasteiger partial charge is 0.222 e. The molecule has 1 saturated carbocycles. The molecule has 0 unspecified atom stereocenters. The van der Waals surface area contributed by atoms with Crippen molar-refractivity contribution in [1.82, 2.24) is 4.90 Å². The molecule has 0 atom stereocenters. The number of allylic oxidation sites excluding steroid dienone is 1. The van der Waals surface area contributed by atoms with Crippen LogP contribution in [0.25, 0.3) is 5.57 Å². The van der Waals surface area contributed by atoms with E-state index in [1.54, 1.807) is 0 Å². The van der Waals surface area contributed by atoms with Crippen molar-refractivity contribution in [3.63, 3.8) is 0 Å². The van der Waals surface area contributed by atoms with Crippen molar-refractivity contribution >= 4 is 11.5 Å². The maximum Gasteiger partial charge on any atom is 0.222 e. The highest BCUT2D eigenvalue weighted by Gasteiger charge is 2.25. The van der Waals surface area contributed by atoms with Gasteiger partial charge >= 0.3 is 0 Å². The zero-order valence-electron chi connectivity index (χ0n) is 11.9. The minimum atomic E-state index is 0.268. The molecule has 0 N–H and O–H groups in total. The van der Waals surface area contributed by atoms with E-state index in [2.05, 4.69) is 25.1 Å². The van der Waals surface area contributed by atoms with Crippen molar-refractivity contribution in [1.29, 1.82) is 0 Å². The number of carbonyl (C=O) groups is 1. The molecule has 0 radical (unpaired) electrons. The molecule has 2 nitrogen and oxygen atoms in total. The molecule has 1 aliphatic carbocycles. The molecule has 1 aromatic rings. The third kappa shape index (κ3) is 4.23. The van der Waals surface area contributed by atoms with Crippen LogP contribution in [0.15, 0.2) is 36.4 Å². The summed E-state index contributed by atoms with van der Waals surface area (Å²) in [6, 6.07) is 10.3. The number of carbonyl (C=O) groups excluding carboxylic acids is 1. The van der Waals surface area contributed by atoms with Crippen LogP contribution in [0.5, 0.6) is 0 Å². The Morgan fingerprint density at radius 3 is 2.58 bits per heavy atom. The number of nitrogens with zero attached hydrogens (tertiary/aromatic N) is 1. The summed E-state index contributed by atoms with van der Waals surface area (Å²) >= 11 is 0. The van der Waals surface area contributed by atoms with Crippen LogP contribution in [0.4, 0.5) is 0 Å². The molecule has 0 bridgehead atoms. The molecule has 0 aromatic heterocycles. The first kappa shape index (κ1) is 13.9. The van der Waals surface area contributed by atoms with Gasteiger partial charge < -0.3 is 4.90 Å². The van der Waals surface area contributed by atoms with Crippen molar-refractivity contribution in [2.75, 3.05) is 13.1 Å². The lowest BCUT2D eigenvalue weighted by atomic mass is 10.1. The van der Waals surface area contributed by atoms with E-state index in [-0.39, 0.29) is 5.91 Å². The lowest BCUT2D eigenvalue weighted by Crippen LogP contribution is -2.32. The zero-order chi connectivity index (χ0) is 13.7. The van der Waals surface area contributed by atoms with Gasteiger partial charge in [-0.05, 0) is 36.8 Å². The van der Waals surface area contributed by atoms with Crippen LogP contribution in [-0.2, 0) is 4.79 Å². The van der Waals surface area contributed by atoms with Crippen LogP contribution in [0.1, 0.15) is 38.7 Å². The molecule has 0 heterocycles. The second-order valence-electron chi connectivity index (χ2n) is 5.35. The predicted octanol–water partition coefficient (Wildman–Crippen LogP) is 3.74. The Hall–Kier alpha value is -1.57. The van der Waals surface area contributed by atoms with Gasteiger partial charge in [-0.25, -0.2) is 0 Å². The Balaban J connectivity index is 1.98. The van der Waals surface area contributed by atoms with Crippen LogP contribution in [-0.4, -0.2) is 23.9 Å². The maximum absolute atomic E-state index is 11.9. The highest BCUT2D eigenvalue weighted by Crippen LogP contribution is 2.30. The van der Waals surface area contributed by atoms with Crippen LogP contribution >= 0.6 is 0 Å². The number of hydrogen-bond donors (Lipinski definition) is 0. The second kappa shape index (κ2) is 6.55. The Morgan fingerprint density at radius 1 is 1.32 bits per heavy atom. The fourth-order valence-electron chi connectivity index (χ4n) is 2.18. The molecule has 1 fully saturated rings. The lowest BCUT2D eigenvalue weighted by Gasteiger charge is -2.20. The van der Waals surface area contributed by atoms with Crippen molar-refractivity contribution in [3.8, 4) is 0 Å². The van der Waals surface area contributed by atoms with E-state index in [1.165, 1.54) is 24.0 Å². The molecule has 19 heavy (non-hydrogen) atoms. The number of amides is 1. The van der Waals surface area contributed by atoms with Gasteiger partial charge in [0.05, 0.1) is 0 Å². The Bertz CT molecular complexity index is 446. The van der Waals surface area contributed by atoms with E-state index in [0.29, 0.717) is 6.42 Å². The average Bonchev–Trinajstić information content (AvgIpc) is 3.27. The van der Waals surface area contributed by atoms with E-state index in [0.717, 1.165) is 19.0 Å². The van der Waals surface area contributed by atoms with E-state index >= 15 is 0 Å². The molecule has 1 aromatic carbocycles. The monoisotopic (exact) mass is 257 g/mol. The normalized spacial score (nSPS) is 15.4. The van der Waals surface area contributed by atoms with Gasteiger partial charge in [-0.3, -0.25) is 4.79 Å². The standard InChI is InChI=1S/C17H23NO/c1-3-17(19)18(13-15-9-10-15)12-11-14(2)16-7-5-4-6-8-16/h4-8,11,15H,3,9-10,12-13H2,1-2H3/b14-11+. The third-order valence-electron chi connectivity index (χ3n) is 3.68. The molecule has 102 valence electrons. The highest BCUT2D eigenvalue weighted by atomic mass is 16.2. The minimum absolute atomic E-state index is 0.268. The average molecular weight is 257 g/mol. The van der Waals surface area contributed by atoms with E-state index in [1.807, 2.05) is 30.0 Å². The zero-order valence-corrected chi connectivity index (χ0v) is 11.9. The summed E-state index contributed by atoms with van der Waals surface area (Å²) in [5.41, 5.74) is 2.48. The largest absolute Gasteiger partial charge is 0.339 e. The number of rotatable bonds is 6. The van der Waals surface area contributed by atoms with Gasteiger partial charge in [0, 0.05) is 19.5 Å². The van der Waals surface area contributed by atoms with Gasteiger partial charge in [-0.1, -0.05) is 43.3 Å². The quantitative estimate of drug-likeness (QED) is 0.760. The van der Waals surface area contributed by atoms with Crippen molar-refractivity contribution in [2.24, 2.45) is 5.92 Å². The molecule has 2 rings (SSSR count). The second-order valence-corrected chi connectivity index (χ2v) is 5.35. The molecular formula is C17H23NO. The van der Waals surface area contributed by atoms with Crippen molar-refractivity contribution in [2.45, 2.75) is 33.1 Å². The van der Waals surface area contributed by atoms with Crippen molar-refractivity contribution in [3.05, 3.63) is 42.0 Å². The Kier molecular flexibility index (Phi) is 4.78. The van der Waals surface area contributed by atoms with E-state index in [4.69, 9.17) is 0 Å². The van der Waals surface area contributed by atoms with Crippen LogP contribution in [0.2, 0.25) is 0 Å². The number of hydrogen-bond acceptors (Lipinski definition) is 1. The first-order chi connectivity index (χ1) is 9.20. The van der Waals surface area contributed by atoms with Crippen LogP contribution in [0.3, 0.4) is 0 Å². The molecular weight excluding hydrogens is 234 g/mol. The number of benzene rings is 1. The molecule has 1 amide bonds. The Labute approximate surface area is 116 Å². The first-order valence-corrected chi connectivity index (χ1v) is 7.20. The topological polar surface area (TPSA) is 20.3 Å². The van der Waals surface area contributed by atoms with E-state index < -0.39 is 0 Å². The summed E-state index contributed by atoms with van der Waals surface area (Å²) < 4.78 is 0. The van der Waals surface area contributed by atoms with Crippen LogP contribution in [0, 0.1) is 5.92 Å². The molecule has 1 aliphatic rings. The summed E-state index contributed by atoms with van der Waals surface area (Å²) in [6.45, 7) is 5.73.